The second kappa shape index (κ2) is 12.4. The third-order valence-electron chi connectivity index (χ3n) is 5.70. The van der Waals surface area contributed by atoms with Gasteiger partial charge in [-0.05, 0) is 32.9 Å². The number of ketones is 1. The van der Waals surface area contributed by atoms with E-state index in [0.29, 0.717) is 4.90 Å². The van der Waals surface area contributed by atoms with Crippen molar-refractivity contribution in [3.63, 3.8) is 0 Å². The van der Waals surface area contributed by atoms with Gasteiger partial charge in [-0.1, -0.05) is 29.8 Å². The number of amides is 1. The zero-order valence-corrected chi connectivity index (χ0v) is 22.7. The molecule has 39 heavy (non-hydrogen) atoms. The number of ether oxygens (including phenoxy) is 2. The predicted molar refractivity (Wildman–Crippen MR) is 130 cm³/mol. The van der Waals surface area contributed by atoms with Crippen LogP contribution < -0.4 is 9.61 Å². The van der Waals surface area contributed by atoms with Crippen molar-refractivity contribution < 1.29 is 56.5 Å². The summed E-state index contributed by atoms with van der Waals surface area (Å²) in [5, 5.41) is 23.0. The van der Waals surface area contributed by atoms with E-state index in [2.05, 4.69) is 5.09 Å². The molecule has 1 saturated heterocycles. The highest BCUT2D eigenvalue weighted by Gasteiger charge is 2.62. The number of carbonyl (C=O) groups excluding carboxylic acids is 3. The summed E-state index contributed by atoms with van der Waals surface area (Å²) in [6, 6.07) is 6.16. The fourth-order valence-electron chi connectivity index (χ4n) is 3.71. The molecule has 0 saturated carbocycles. The third-order valence-corrected chi connectivity index (χ3v) is 7.64. The number of aliphatic hydroxyl groups excluding tert-OH is 2. The highest BCUT2D eigenvalue weighted by Crippen LogP contribution is 2.48. The first-order valence-electron chi connectivity index (χ1n) is 11.7. The molecular weight excluding hydrogens is 569 g/mol. The Morgan fingerprint density at radius 3 is 2.49 bits per heavy atom. The topological polar surface area (TPSA) is 161 Å². The molecule has 216 valence electrons. The number of esters is 1. The van der Waals surface area contributed by atoms with E-state index in [0.717, 1.165) is 6.20 Å². The lowest BCUT2D eigenvalue weighted by Crippen LogP contribution is -2.53. The molecule has 0 aromatic heterocycles. The number of nitrogens with zero attached hydrogens (tertiary/aromatic N) is 1. The first kappa shape index (κ1) is 31.1. The summed E-state index contributed by atoms with van der Waals surface area (Å²) < 4.78 is 63.6. The number of nitrogens with one attached hydrogen (secondary N) is 1. The molecule has 3 N–H and O–H groups in total. The fourth-order valence-corrected chi connectivity index (χ4v) is 5.41. The molecule has 1 aromatic rings. The lowest BCUT2D eigenvalue weighted by Gasteiger charge is -2.34. The van der Waals surface area contributed by atoms with Crippen molar-refractivity contribution in [3.8, 4) is 5.75 Å². The highest BCUT2D eigenvalue weighted by atomic mass is 35.5. The van der Waals surface area contributed by atoms with Crippen LogP contribution in [-0.4, -0.2) is 82.0 Å². The Bertz CT molecular complexity index is 1160. The van der Waals surface area contributed by atoms with Crippen LogP contribution in [0.2, 0.25) is 0 Å². The van der Waals surface area contributed by atoms with Crippen molar-refractivity contribution >= 4 is 37.0 Å². The van der Waals surface area contributed by atoms with Crippen molar-refractivity contribution in [3.05, 3.63) is 41.6 Å². The van der Waals surface area contributed by atoms with E-state index in [9.17, 15) is 37.9 Å². The SMILES string of the molecule is CC(C)OC(=O)[C@H](C)NP(=O)(OC[C@@]1(C(F)F)O[C@@H](N2C=C(Cl)C(=O)CC2=O)[C@H](O)[C@@H]1O)Oc1ccccc1. The molecule has 16 heteroatoms. The van der Waals surface area contributed by atoms with Crippen LogP contribution in [0.4, 0.5) is 8.78 Å². The van der Waals surface area contributed by atoms with Gasteiger partial charge in [0.25, 0.3) is 6.43 Å². The standard InChI is InChI=1S/C23H28ClF2N2O10P/c1-12(2)36-21(33)13(3)27-39(34,38-14-7-5-4-6-8-14)35-11-23(22(25)26)19(32)18(31)20(37-23)28-10-15(24)16(29)9-17(28)30/h4-8,10,12-13,18-20,22,31-32H,9,11H2,1-3H3,(H,27,34)/t13-,18+,19-,20+,23+,39?/m0/s1. The average Bonchev–Trinajstić information content (AvgIpc) is 3.11. The number of para-hydroxylation sites is 1. The third kappa shape index (κ3) is 7.01. The second-order valence-electron chi connectivity index (χ2n) is 9.09. The number of hydrogen-bond donors (Lipinski definition) is 3. The summed E-state index contributed by atoms with van der Waals surface area (Å²) in [7, 11) is -4.67. The lowest BCUT2D eigenvalue weighted by molar-refractivity contribution is -0.200. The maximum Gasteiger partial charge on any atom is 0.459 e. The van der Waals surface area contributed by atoms with E-state index in [-0.39, 0.29) is 5.75 Å². The van der Waals surface area contributed by atoms with Gasteiger partial charge in [0, 0.05) is 6.20 Å². The minimum Gasteiger partial charge on any atom is -0.462 e. The fraction of sp³-hybridized carbons (Fsp3) is 0.522. The van der Waals surface area contributed by atoms with E-state index in [1.165, 1.54) is 31.2 Å². The Morgan fingerprint density at radius 1 is 1.26 bits per heavy atom. The zero-order chi connectivity index (χ0) is 29.1. The monoisotopic (exact) mass is 596 g/mol. The smallest absolute Gasteiger partial charge is 0.459 e. The summed E-state index contributed by atoms with van der Waals surface area (Å²) in [6.07, 6.45) is -10.4. The number of hydrogen-bond acceptors (Lipinski definition) is 10. The number of allylic oxidation sites excluding steroid dienone is 1. The number of benzene rings is 1. The van der Waals surface area contributed by atoms with Crippen LogP contribution >= 0.6 is 19.3 Å². The van der Waals surface area contributed by atoms with E-state index < -0.39 is 86.1 Å². The minimum absolute atomic E-state index is 0.0157. The van der Waals surface area contributed by atoms with Crippen LogP contribution in [-0.2, 0) is 32.9 Å². The Labute approximate surface area is 227 Å². The van der Waals surface area contributed by atoms with Gasteiger partial charge >= 0.3 is 13.7 Å². The van der Waals surface area contributed by atoms with Gasteiger partial charge in [-0.15, -0.1) is 0 Å². The van der Waals surface area contributed by atoms with Crippen LogP contribution in [0.3, 0.4) is 0 Å². The molecule has 1 amide bonds. The van der Waals surface area contributed by atoms with Gasteiger partial charge in [0.1, 0.15) is 29.0 Å². The van der Waals surface area contributed by atoms with Crippen LogP contribution in [0.25, 0.3) is 0 Å². The first-order valence-corrected chi connectivity index (χ1v) is 13.6. The van der Waals surface area contributed by atoms with Crippen molar-refractivity contribution in [2.75, 3.05) is 6.61 Å². The van der Waals surface area contributed by atoms with Gasteiger partial charge in [-0.3, -0.25) is 23.8 Å². The summed E-state index contributed by atoms with van der Waals surface area (Å²) in [5.74, 6) is -2.52. The maximum atomic E-state index is 14.4. The average molecular weight is 597 g/mol. The minimum atomic E-state index is -4.67. The first-order chi connectivity index (χ1) is 18.2. The van der Waals surface area contributed by atoms with Crippen molar-refractivity contribution in [2.45, 2.75) is 69.8 Å². The van der Waals surface area contributed by atoms with Gasteiger partial charge < -0.3 is 24.2 Å². The number of carbonyl (C=O) groups is 3. The molecule has 12 nitrogen and oxygen atoms in total. The quantitative estimate of drug-likeness (QED) is 0.195. The molecule has 0 spiro atoms. The Kier molecular flexibility index (Phi) is 9.87. The van der Waals surface area contributed by atoms with E-state index >= 15 is 0 Å². The van der Waals surface area contributed by atoms with Crippen LogP contribution in [0.1, 0.15) is 27.2 Å². The van der Waals surface area contributed by atoms with Crippen LogP contribution in [0, 0.1) is 0 Å². The normalized spacial score (nSPS) is 27.9. The Morgan fingerprint density at radius 2 is 1.90 bits per heavy atom. The lowest BCUT2D eigenvalue weighted by atomic mass is 9.96. The predicted octanol–water partition coefficient (Wildman–Crippen LogP) is 2.08. The molecule has 6 atom stereocenters. The van der Waals surface area contributed by atoms with Gasteiger partial charge in [0.2, 0.25) is 5.91 Å². The summed E-state index contributed by atoms with van der Waals surface area (Å²) in [4.78, 5) is 36.9. The molecule has 0 aliphatic carbocycles. The van der Waals surface area contributed by atoms with E-state index in [1.54, 1.807) is 19.9 Å². The molecule has 0 bridgehead atoms. The number of rotatable bonds is 11. The van der Waals surface area contributed by atoms with Crippen LogP contribution in [0.15, 0.2) is 41.6 Å². The molecule has 1 unspecified atom stereocenters. The molecule has 3 rings (SSSR count). The summed E-state index contributed by atoms with van der Waals surface area (Å²) >= 11 is 5.77. The summed E-state index contributed by atoms with van der Waals surface area (Å²) in [5.41, 5.74) is -3.02. The number of Topliss-reactive ketones (excluding diaryl/α,β-unsaturated/α-hetero) is 1. The number of aliphatic hydroxyl groups is 2. The molecule has 2 aliphatic heterocycles. The van der Waals surface area contributed by atoms with E-state index in [4.69, 9.17) is 30.1 Å². The molecule has 2 aliphatic rings. The molecular formula is C23H28ClF2N2O10P. The van der Waals surface area contributed by atoms with Gasteiger partial charge in [0.15, 0.2) is 17.6 Å². The largest absolute Gasteiger partial charge is 0.462 e. The van der Waals surface area contributed by atoms with Gasteiger partial charge in [-0.25, -0.2) is 13.3 Å². The van der Waals surface area contributed by atoms with Crippen molar-refractivity contribution in [2.24, 2.45) is 0 Å². The van der Waals surface area contributed by atoms with Gasteiger partial charge in [0.05, 0.1) is 19.1 Å². The molecule has 0 radical (unpaired) electrons. The summed E-state index contributed by atoms with van der Waals surface area (Å²) in [6.45, 7) is 3.11. The second-order valence-corrected chi connectivity index (χ2v) is 11.2. The van der Waals surface area contributed by atoms with E-state index in [1.807, 2.05) is 0 Å². The molecule has 2 heterocycles. The number of alkyl halides is 2. The highest BCUT2D eigenvalue weighted by molar-refractivity contribution is 7.52. The van der Waals surface area contributed by atoms with Crippen LogP contribution in [0.5, 0.6) is 5.75 Å². The Balaban J connectivity index is 1.88. The van der Waals surface area contributed by atoms with Gasteiger partial charge in [-0.2, -0.15) is 5.09 Å². The zero-order valence-electron chi connectivity index (χ0n) is 21.0. The molecule has 1 fully saturated rings. The van der Waals surface area contributed by atoms with Crippen molar-refractivity contribution in [1.29, 1.82) is 0 Å². The maximum absolute atomic E-state index is 14.4. The number of halogens is 3. The van der Waals surface area contributed by atoms with Crippen molar-refractivity contribution in [1.82, 2.24) is 9.99 Å². The molecule has 1 aromatic carbocycles. The Hall–Kier alpha value is -2.45.